The molecule has 0 aromatic heterocycles. The number of carbonyl (C=O) groups is 1. The van der Waals surface area contributed by atoms with E-state index in [-0.39, 0.29) is 18.9 Å². The maximum absolute atomic E-state index is 13.4. The molecule has 1 amide bonds. The third kappa shape index (κ3) is 47.5. The van der Waals surface area contributed by atoms with Gasteiger partial charge in [0.25, 0.3) is 0 Å². The highest BCUT2D eigenvalue weighted by Crippen LogP contribution is 2.30. The minimum Gasteiger partial charge on any atom is -0.394 e. The van der Waals surface area contributed by atoms with E-state index in [1.165, 1.54) is 321 Å². The number of carbonyl (C=O) groups excluding carboxylic acids is 1. The Morgan fingerprint density at radius 1 is 0.372 bits per heavy atom. The van der Waals surface area contributed by atoms with Crippen LogP contribution in [-0.2, 0) is 23.7 Å². The molecule has 2 heterocycles. The average molecular weight is 1340 g/mol. The maximum atomic E-state index is 13.4. The van der Waals surface area contributed by atoms with Crippen molar-refractivity contribution in [1.82, 2.24) is 5.32 Å². The summed E-state index contributed by atoms with van der Waals surface area (Å²) < 4.78 is 22.9. The highest BCUT2D eigenvalue weighted by Gasteiger charge is 2.51. The molecule has 0 radical (unpaired) electrons. The highest BCUT2D eigenvalue weighted by atomic mass is 16.7. The number of aliphatic hydroxyl groups is 8. The summed E-state index contributed by atoms with van der Waals surface area (Å²) in [5, 5.41) is 87.7. The Morgan fingerprint density at radius 2 is 0.670 bits per heavy atom. The number of nitrogens with one attached hydrogen (secondary N) is 1. The van der Waals surface area contributed by atoms with Crippen LogP contribution in [0.4, 0.5) is 0 Å². The van der Waals surface area contributed by atoms with Gasteiger partial charge in [-0.2, -0.15) is 0 Å². The van der Waals surface area contributed by atoms with Crippen LogP contribution in [0.3, 0.4) is 0 Å². The van der Waals surface area contributed by atoms with Crippen LogP contribution in [0.25, 0.3) is 0 Å². The van der Waals surface area contributed by atoms with E-state index in [9.17, 15) is 45.6 Å². The number of ether oxygens (including phenoxy) is 4. The summed E-state index contributed by atoms with van der Waals surface area (Å²) in [6.07, 6.45) is 66.9. The molecule has 2 aliphatic rings. The van der Waals surface area contributed by atoms with Crippen LogP contribution in [0.2, 0.25) is 0 Å². The fourth-order valence-electron chi connectivity index (χ4n) is 13.7. The highest BCUT2D eigenvalue weighted by molar-refractivity contribution is 5.76. The lowest BCUT2D eigenvalue weighted by atomic mass is 9.97. The van der Waals surface area contributed by atoms with Crippen LogP contribution in [-0.4, -0.2) is 140 Å². The third-order valence-corrected chi connectivity index (χ3v) is 20.1. The van der Waals surface area contributed by atoms with Crippen LogP contribution in [0.1, 0.15) is 386 Å². The minimum absolute atomic E-state index is 0.231. The normalized spacial score (nSPS) is 22.5. The van der Waals surface area contributed by atoms with Crippen molar-refractivity contribution in [2.24, 2.45) is 0 Å². The quantitative estimate of drug-likeness (QED) is 0.0204. The van der Waals surface area contributed by atoms with Gasteiger partial charge in [0, 0.05) is 6.42 Å². The molecule has 0 saturated carbocycles. The Morgan fingerprint density at radius 3 is 1.01 bits per heavy atom. The molecule has 9 N–H and O–H groups in total. The van der Waals surface area contributed by atoms with E-state index in [4.69, 9.17) is 18.9 Å². The van der Waals surface area contributed by atoms with Gasteiger partial charge in [0.1, 0.15) is 48.8 Å². The first kappa shape index (κ1) is 88.6. The molecule has 0 aromatic rings. The van der Waals surface area contributed by atoms with Crippen molar-refractivity contribution < 1.29 is 64.6 Å². The molecular formula is C80H153NO13. The summed E-state index contributed by atoms with van der Waals surface area (Å²) in [7, 11) is 0. The van der Waals surface area contributed by atoms with Gasteiger partial charge in [0.05, 0.1) is 32.0 Å². The summed E-state index contributed by atoms with van der Waals surface area (Å²) in [6.45, 7) is 2.87. The summed E-state index contributed by atoms with van der Waals surface area (Å²) in [4.78, 5) is 13.4. The number of allylic oxidation sites excluding steroid dienone is 3. The Bertz CT molecular complexity index is 1670. The minimum atomic E-state index is -1.79. The van der Waals surface area contributed by atoms with Gasteiger partial charge >= 0.3 is 0 Å². The van der Waals surface area contributed by atoms with E-state index in [1.807, 2.05) is 6.08 Å². The van der Waals surface area contributed by atoms with Crippen LogP contribution in [0.5, 0.6) is 0 Å². The molecule has 556 valence electrons. The van der Waals surface area contributed by atoms with E-state index in [2.05, 4.69) is 31.3 Å². The molecule has 0 aliphatic carbocycles. The molecule has 12 unspecified atom stereocenters. The van der Waals surface area contributed by atoms with Crippen molar-refractivity contribution in [1.29, 1.82) is 0 Å². The molecule has 2 aliphatic heterocycles. The Balaban J connectivity index is 1.61. The first-order valence-electron chi connectivity index (χ1n) is 40.6. The lowest BCUT2D eigenvalue weighted by molar-refractivity contribution is -0.359. The first-order valence-corrected chi connectivity index (χ1v) is 40.6. The summed E-state index contributed by atoms with van der Waals surface area (Å²) in [5.41, 5.74) is 0. The van der Waals surface area contributed by atoms with Crippen molar-refractivity contribution in [3.63, 3.8) is 0 Å². The zero-order valence-electron chi connectivity index (χ0n) is 61.0. The number of hydrogen-bond acceptors (Lipinski definition) is 13. The van der Waals surface area contributed by atoms with Gasteiger partial charge in [-0.3, -0.25) is 4.79 Å². The summed E-state index contributed by atoms with van der Waals surface area (Å²) in [5.74, 6) is -0.231. The van der Waals surface area contributed by atoms with Crippen molar-refractivity contribution in [3.05, 3.63) is 24.3 Å². The van der Waals surface area contributed by atoms with Crippen LogP contribution >= 0.6 is 0 Å². The van der Waals surface area contributed by atoms with Gasteiger partial charge in [-0.05, 0) is 44.9 Å². The average Bonchev–Trinajstić information content (AvgIpc) is 0.794. The Hall–Kier alpha value is -1.53. The molecular weight excluding hydrogens is 1180 g/mol. The molecule has 2 fully saturated rings. The predicted octanol–water partition coefficient (Wildman–Crippen LogP) is 18.3. The van der Waals surface area contributed by atoms with E-state index >= 15 is 0 Å². The van der Waals surface area contributed by atoms with Crippen LogP contribution < -0.4 is 5.32 Å². The topological polar surface area (TPSA) is 228 Å². The predicted molar refractivity (Wildman–Crippen MR) is 388 cm³/mol. The van der Waals surface area contributed by atoms with Crippen LogP contribution in [0.15, 0.2) is 24.3 Å². The first-order chi connectivity index (χ1) is 46.1. The molecule has 14 nitrogen and oxygen atoms in total. The maximum Gasteiger partial charge on any atom is 0.220 e. The number of hydrogen-bond donors (Lipinski definition) is 9. The molecule has 14 heteroatoms. The lowest BCUT2D eigenvalue weighted by Crippen LogP contribution is -2.65. The van der Waals surface area contributed by atoms with Gasteiger partial charge in [0.2, 0.25) is 5.91 Å². The van der Waals surface area contributed by atoms with E-state index < -0.39 is 86.8 Å². The fourth-order valence-corrected chi connectivity index (χ4v) is 13.7. The zero-order valence-corrected chi connectivity index (χ0v) is 61.0. The number of amides is 1. The SMILES string of the molecule is CCCCCCCCCC/C=C\CCCCCCCCCCCCCCCCCC(=O)NC(COC1OC(CO)C(OC2OC(CO)C(O)C(O)C2O)C(O)C1O)C(O)/C=C/CCCCCCCCCCCCCCCCCCCCCCCCCCCCCCCCC. The van der Waals surface area contributed by atoms with Crippen molar-refractivity contribution in [2.45, 2.75) is 460 Å². The Kier molecular flexibility index (Phi) is 61.1. The lowest BCUT2D eigenvalue weighted by Gasteiger charge is -2.46. The van der Waals surface area contributed by atoms with Crippen molar-refractivity contribution >= 4 is 5.91 Å². The van der Waals surface area contributed by atoms with Gasteiger partial charge in [-0.25, -0.2) is 0 Å². The second kappa shape index (κ2) is 64.8. The molecule has 0 spiro atoms. The smallest absolute Gasteiger partial charge is 0.220 e. The van der Waals surface area contributed by atoms with Gasteiger partial charge in [0.15, 0.2) is 12.6 Å². The molecule has 94 heavy (non-hydrogen) atoms. The molecule has 2 rings (SSSR count). The molecule has 2 saturated heterocycles. The second-order valence-corrected chi connectivity index (χ2v) is 28.9. The number of unbranched alkanes of at least 4 members (excludes halogenated alkanes) is 54. The van der Waals surface area contributed by atoms with Crippen LogP contribution in [0, 0.1) is 0 Å². The largest absolute Gasteiger partial charge is 0.394 e. The monoisotopic (exact) mass is 1340 g/mol. The summed E-state index contributed by atoms with van der Waals surface area (Å²) in [6, 6.07) is -0.915. The molecule has 0 aromatic carbocycles. The number of aliphatic hydroxyl groups excluding tert-OH is 8. The number of rotatable bonds is 69. The van der Waals surface area contributed by atoms with Crippen molar-refractivity contribution in [3.8, 4) is 0 Å². The van der Waals surface area contributed by atoms with Gasteiger partial charge < -0.3 is 65.1 Å². The van der Waals surface area contributed by atoms with Gasteiger partial charge in [-0.1, -0.05) is 359 Å². The van der Waals surface area contributed by atoms with Crippen molar-refractivity contribution in [2.75, 3.05) is 19.8 Å². The fraction of sp³-hybridized carbons (Fsp3) is 0.938. The second-order valence-electron chi connectivity index (χ2n) is 28.9. The third-order valence-electron chi connectivity index (χ3n) is 20.1. The molecule has 0 bridgehead atoms. The van der Waals surface area contributed by atoms with E-state index in [0.717, 1.165) is 38.5 Å². The summed E-state index contributed by atoms with van der Waals surface area (Å²) >= 11 is 0. The van der Waals surface area contributed by atoms with E-state index in [1.54, 1.807) is 6.08 Å². The molecule has 12 atom stereocenters. The zero-order chi connectivity index (χ0) is 68.0. The Labute approximate surface area is 577 Å². The standard InChI is InChI=1S/C80H153NO13/c1-3-5-7-9-11-13-15-17-19-21-23-25-27-29-31-32-33-34-35-36-38-39-41-43-45-47-49-51-53-55-57-59-61-63-69(84)68(67-91-79-77(90)75(88)78(71(66-83)93-79)94-80-76(89)74(87)73(86)70(65-82)92-80)81-72(85)64-62-60-58-56-54-52-50-48-46-44-42-40-37-30-28-26-24-22-20-18-16-14-12-10-8-6-4-2/h22,24,61,63,68-71,73-80,82-84,86-90H,3-21,23,25-60,62,64-67H2,1-2H3,(H,81,85)/b24-22-,63-61+. The van der Waals surface area contributed by atoms with E-state index in [0.29, 0.717) is 6.42 Å². The van der Waals surface area contributed by atoms with Gasteiger partial charge in [-0.15, -0.1) is 0 Å².